The van der Waals surface area contributed by atoms with Crippen LogP contribution in [0, 0.1) is 12.7 Å². The molecule has 262 valence electrons. The van der Waals surface area contributed by atoms with Crippen LogP contribution in [-0.2, 0) is 19.8 Å². The van der Waals surface area contributed by atoms with Gasteiger partial charge >= 0.3 is 18.2 Å². The van der Waals surface area contributed by atoms with Crippen LogP contribution in [0.5, 0.6) is 5.88 Å². The van der Waals surface area contributed by atoms with Gasteiger partial charge in [-0.3, -0.25) is 10.2 Å². The predicted octanol–water partition coefficient (Wildman–Crippen LogP) is 8.37. The molecule has 2 aromatic heterocycles. The summed E-state index contributed by atoms with van der Waals surface area (Å²) in [7, 11) is 0. The van der Waals surface area contributed by atoms with E-state index >= 15 is 4.39 Å². The van der Waals surface area contributed by atoms with E-state index in [-0.39, 0.29) is 36.3 Å². The van der Waals surface area contributed by atoms with Gasteiger partial charge in [-0.15, -0.1) is 0 Å². The van der Waals surface area contributed by atoms with Crippen molar-refractivity contribution in [2.24, 2.45) is 0 Å². The molecule has 2 aliphatic heterocycles. The lowest BCUT2D eigenvalue weighted by Crippen LogP contribution is -2.42. The Morgan fingerprint density at radius 1 is 0.960 bits per heavy atom. The molecule has 0 radical (unpaired) electrons. The van der Waals surface area contributed by atoms with Crippen LogP contribution in [-0.4, -0.2) is 52.5 Å². The number of hydrogen-bond donors (Lipinski definition) is 2. The number of benzene rings is 2. The van der Waals surface area contributed by atoms with Gasteiger partial charge < -0.3 is 24.3 Å². The Bertz CT molecular complexity index is 2070. The summed E-state index contributed by atoms with van der Waals surface area (Å²) in [4.78, 5) is 49.0. The highest BCUT2D eigenvalue weighted by molar-refractivity contribution is 6.04. The Hall–Kier alpha value is -5.46. The van der Waals surface area contributed by atoms with Crippen LogP contribution < -0.4 is 20.3 Å². The monoisotopic (exact) mass is 685 g/mol. The molecule has 0 unspecified atom stereocenters. The maximum absolute atomic E-state index is 16.7. The Morgan fingerprint density at radius 2 is 1.68 bits per heavy atom. The van der Waals surface area contributed by atoms with Gasteiger partial charge in [-0.1, -0.05) is 0 Å². The summed E-state index contributed by atoms with van der Waals surface area (Å²) in [5, 5.41) is 6.70. The van der Waals surface area contributed by atoms with E-state index in [9.17, 15) is 14.4 Å². The molecule has 0 bridgehead atoms. The molecule has 2 N–H and O–H groups in total. The molecular weight excluding hydrogens is 645 g/mol. The number of hydrogen-bond acceptors (Lipinski definition) is 10. The first-order valence-corrected chi connectivity index (χ1v) is 16.2. The van der Waals surface area contributed by atoms with Crippen molar-refractivity contribution >= 4 is 51.8 Å². The number of amides is 2. The summed E-state index contributed by atoms with van der Waals surface area (Å²) in [6.07, 6.45) is 1.50. The average Bonchev–Trinajstić information content (AvgIpc) is 3.23. The minimum atomic E-state index is -0.848. The number of aromatic nitrogens is 2. The van der Waals surface area contributed by atoms with Crippen molar-refractivity contribution < 1.29 is 37.7 Å². The Morgan fingerprint density at radius 3 is 2.38 bits per heavy atom. The Balaban J connectivity index is 1.47. The van der Waals surface area contributed by atoms with Gasteiger partial charge in [-0.2, -0.15) is 0 Å². The van der Waals surface area contributed by atoms with E-state index in [1.807, 2.05) is 19.9 Å². The number of pyridine rings is 2. The van der Waals surface area contributed by atoms with E-state index in [2.05, 4.69) is 20.6 Å². The minimum Gasteiger partial charge on any atom is -0.474 e. The molecule has 0 spiro atoms. The minimum absolute atomic E-state index is 0.109. The fourth-order valence-electron chi connectivity index (χ4n) is 5.96. The normalized spacial score (nSPS) is 15.1. The van der Waals surface area contributed by atoms with Crippen molar-refractivity contribution in [1.82, 2.24) is 9.97 Å². The molecule has 2 aliphatic rings. The van der Waals surface area contributed by atoms with Gasteiger partial charge in [0.2, 0.25) is 5.88 Å². The topological polar surface area (TPSA) is 141 Å². The molecule has 4 heterocycles. The molecule has 2 amide bonds. The van der Waals surface area contributed by atoms with E-state index in [0.717, 1.165) is 5.56 Å². The highest BCUT2D eigenvalue weighted by Gasteiger charge is 2.38. The van der Waals surface area contributed by atoms with Crippen molar-refractivity contribution in [1.29, 1.82) is 0 Å². The van der Waals surface area contributed by atoms with E-state index in [1.165, 1.54) is 17.3 Å². The first kappa shape index (κ1) is 34.4. The molecule has 6 rings (SSSR count). The molecule has 0 saturated carbocycles. The van der Waals surface area contributed by atoms with Crippen LogP contribution in [0.25, 0.3) is 21.9 Å². The van der Waals surface area contributed by atoms with Gasteiger partial charge in [0.25, 0.3) is 0 Å². The smallest absolute Gasteiger partial charge is 0.415 e. The SMILES string of the molecule is Cc1c(-c2cc3cc(Nc4ccc5c(c4)C(C)(C)OC5=O)ncc3c(NC(=O)OC(C)(C)C)c2F)cnc2c1N(C(=O)OC(C)(C)C)CCO2. The molecular formula is C37H40FN5O7. The van der Waals surface area contributed by atoms with Crippen LogP contribution in [0.15, 0.2) is 42.7 Å². The number of carbonyl (C=O) groups excluding carboxylic acids is 3. The zero-order chi connectivity index (χ0) is 36.3. The van der Waals surface area contributed by atoms with E-state index in [4.69, 9.17) is 18.9 Å². The van der Waals surface area contributed by atoms with Gasteiger partial charge in [-0.25, -0.2) is 28.7 Å². The fraction of sp³-hybridized carbons (Fsp3) is 0.378. The van der Waals surface area contributed by atoms with E-state index in [1.54, 1.807) is 72.7 Å². The summed E-state index contributed by atoms with van der Waals surface area (Å²) in [5.74, 6) is -0.488. The van der Waals surface area contributed by atoms with Gasteiger partial charge in [0.1, 0.15) is 34.9 Å². The molecule has 2 aromatic carbocycles. The van der Waals surface area contributed by atoms with Crippen LogP contribution in [0.2, 0.25) is 0 Å². The zero-order valence-electron chi connectivity index (χ0n) is 29.5. The standard InChI is InChI=1S/C37H40FN5O7/c1-19-24(17-40-31-30(19)43(12-13-47-31)34(46)50-36(5,6)7)23-14-20-15-27(41-21-10-11-22-26(16-21)37(8,9)48-32(22)44)39-18-25(20)29(28(23)38)42-33(45)49-35(2,3)4/h10-11,14-18H,12-13H2,1-9H3,(H,39,41)(H,42,45). The maximum Gasteiger partial charge on any atom is 0.415 e. The van der Waals surface area contributed by atoms with Gasteiger partial charge in [0.15, 0.2) is 5.82 Å². The highest BCUT2D eigenvalue weighted by Crippen LogP contribution is 2.43. The lowest BCUT2D eigenvalue weighted by Gasteiger charge is -2.32. The third kappa shape index (κ3) is 6.72. The number of anilines is 4. The number of carbonyl (C=O) groups is 3. The number of nitrogens with one attached hydrogen (secondary N) is 2. The molecule has 13 heteroatoms. The number of fused-ring (bicyclic) bond motifs is 3. The van der Waals surface area contributed by atoms with Gasteiger partial charge in [0, 0.05) is 40.2 Å². The van der Waals surface area contributed by atoms with Crippen LogP contribution >= 0.6 is 0 Å². The van der Waals surface area contributed by atoms with Crippen LogP contribution in [0.4, 0.5) is 36.9 Å². The zero-order valence-corrected chi connectivity index (χ0v) is 29.5. The van der Waals surface area contributed by atoms with Gasteiger partial charge in [-0.05, 0) is 104 Å². The Kier molecular flexibility index (Phi) is 8.36. The predicted molar refractivity (Wildman–Crippen MR) is 187 cm³/mol. The third-order valence-electron chi connectivity index (χ3n) is 8.10. The first-order valence-electron chi connectivity index (χ1n) is 16.2. The number of halogens is 1. The molecule has 4 aromatic rings. The summed E-state index contributed by atoms with van der Waals surface area (Å²) in [5.41, 5.74) is 0.734. The first-order chi connectivity index (χ1) is 23.3. The summed E-state index contributed by atoms with van der Waals surface area (Å²) >= 11 is 0. The quantitative estimate of drug-likeness (QED) is 0.159. The van der Waals surface area contributed by atoms with Crippen molar-refractivity contribution in [2.75, 3.05) is 28.7 Å². The van der Waals surface area contributed by atoms with Crippen molar-refractivity contribution in [3.05, 3.63) is 65.2 Å². The second kappa shape index (κ2) is 12.1. The van der Waals surface area contributed by atoms with Crippen molar-refractivity contribution in [2.45, 2.75) is 79.1 Å². The van der Waals surface area contributed by atoms with Crippen LogP contribution in [0.3, 0.4) is 0 Å². The average molecular weight is 686 g/mol. The van der Waals surface area contributed by atoms with Crippen molar-refractivity contribution in [3.8, 4) is 17.0 Å². The molecule has 50 heavy (non-hydrogen) atoms. The van der Waals surface area contributed by atoms with Crippen molar-refractivity contribution in [3.63, 3.8) is 0 Å². The molecule has 0 fully saturated rings. The number of esters is 1. The second-order valence-corrected chi connectivity index (χ2v) is 14.7. The molecule has 12 nitrogen and oxygen atoms in total. The second-order valence-electron chi connectivity index (χ2n) is 14.7. The largest absolute Gasteiger partial charge is 0.474 e. The summed E-state index contributed by atoms with van der Waals surface area (Å²) < 4.78 is 39.1. The third-order valence-corrected chi connectivity index (χ3v) is 8.10. The number of rotatable bonds is 4. The lowest BCUT2D eigenvalue weighted by atomic mass is 9.95. The van der Waals surface area contributed by atoms with E-state index < -0.39 is 34.8 Å². The molecule has 0 aliphatic carbocycles. The highest BCUT2D eigenvalue weighted by atomic mass is 19.1. The molecule has 0 atom stereocenters. The number of cyclic esters (lactones) is 1. The fourth-order valence-corrected chi connectivity index (χ4v) is 5.96. The van der Waals surface area contributed by atoms with Gasteiger partial charge in [0.05, 0.1) is 17.8 Å². The van der Waals surface area contributed by atoms with Crippen LogP contribution in [0.1, 0.15) is 76.9 Å². The lowest BCUT2D eigenvalue weighted by molar-refractivity contribution is 0.00950. The van der Waals surface area contributed by atoms with E-state index in [0.29, 0.717) is 44.7 Å². The molecule has 0 saturated heterocycles. The summed E-state index contributed by atoms with van der Waals surface area (Å²) in [6, 6.07) is 8.63. The Labute approximate surface area is 289 Å². The summed E-state index contributed by atoms with van der Waals surface area (Å²) in [6.45, 7) is 16.2. The number of nitrogens with zero attached hydrogens (tertiary/aromatic N) is 3. The number of ether oxygens (including phenoxy) is 4. The maximum atomic E-state index is 16.7.